The second-order valence-corrected chi connectivity index (χ2v) is 11.4. The van der Waals surface area contributed by atoms with Crippen LogP contribution >= 0.6 is 15.9 Å². The summed E-state index contributed by atoms with van der Waals surface area (Å²) in [5, 5.41) is 12.7. The first-order valence-electron chi connectivity index (χ1n) is 15.3. The first-order chi connectivity index (χ1) is 24.0. The van der Waals surface area contributed by atoms with Crippen LogP contribution in [0.4, 0.5) is 9.59 Å². The van der Waals surface area contributed by atoms with E-state index in [2.05, 4.69) is 21.2 Å². The minimum absolute atomic E-state index is 0.0241. The highest BCUT2D eigenvalue weighted by atomic mass is 79.9. The highest BCUT2D eigenvalue weighted by Crippen LogP contribution is 2.29. The summed E-state index contributed by atoms with van der Waals surface area (Å²) >= 11 is 2.99. The molecule has 0 aromatic heterocycles. The lowest BCUT2D eigenvalue weighted by Gasteiger charge is -2.37. The first-order valence-corrected chi connectivity index (χ1v) is 16.4. The third-order valence-electron chi connectivity index (χ3n) is 7.29. The quantitative estimate of drug-likeness (QED) is 0.0731. The normalized spacial score (nSPS) is 12.3. The molecule has 4 N–H and O–H groups in total. The van der Waals surface area contributed by atoms with Crippen LogP contribution in [-0.2, 0) is 58.0 Å². The number of primary amides is 1. The van der Waals surface area contributed by atoms with E-state index in [9.17, 15) is 38.7 Å². The van der Waals surface area contributed by atoms with Crippen molar-refractivity contribution in [2.45, 2.75) is 57.1 Å². The first kappa shape index (κ1) is 38.9. The van der Waals surface area contributed by atoms with Crippen molar-refractivity contribution in [3.05, 3.63) is 108 Å². The Bertz CT molecular complexity index is 1640. The van der Waals surface area contributed by atoms with Gasteiger partial charge in [0.1, 0.15) is 31.6 Å². The number of ketones is 1. The van der Waals surface area contributed by atoms with Crippen LogP contribution in [0, 0.1) is 0 Å². The van der Waals surface area contributed by atoms with Gasteiger partial charge >= 0.3 is 24.1 Å². The van der Waals surface area contributed by atoms with Crippen LogP contribution in [0.5, 0.6) is 0 Å². The number of alkyl halides is 1. The summed E-state index contributed by atoms with van der Waals surface area (Å²) in [7, 11) is 0. The number of carbonyl (C=O) groups is 7. The summed E-state index contributed by atoms with van der Waals surface area (Å²) in [6, 6.07) is 23.0. The Morgan fingerprint density at radius 3 is 1.68 bits per heavy atom. The maximum Gasteiger partial charge on any atom is 0.418 e. The van der Waals surface area contributed by atoms with Gasteiger partial charge in [-0.3, -0.25) is 14.4 Å². The molecule has 3 rings (SSSR count). The molecule has 0 aliphatic carbocycles. The molecule has 0 unspecified atom stereocenters. The van der Waals surface area contributed by atoms with Crippen LogP contribution in [0.3, 0.4) is 0 Å². The van der Waals surface area contributed by atoms with Gasteiger partial charge in [-0.1, -0.05) is 107 Å². The molecule has 0 saturated heterocycles. The summed E-state index contributed by atoms with van der Waals surface area (Å²) in [5.74, 6) is -6.52. The van der Waals surface area contributed by atoms with Crippen molar-refractivity contribution < 1.29 is 52.9 Å². The van der Waals surface area contributed by atoms with Crippen LogP contribution in [0.2, 0.25) is 0 Å². The number of nitrogens with one attached hydrogen (secondary N) is 1. The molecule has 0 spiro atoms. The molecule has 14 nitrogen and oxygen atoms in total. The lowest BCUT2D eigenvalue weighted by molar-refractivity contribution is -0.177. The number of nitrogens with zero attached hydrogens (tertiary/aromatic N) is 1. The van der Waals surface area contributed by atoms with E-state index in [-0.39, 0.29) is 16.8 Å². The Morgan fingerprint density at radius 2 is 1.22 bits per heavy atom. The molecule has 3 aromatic rings. The molecule has 0 saturated carbocycles. The largest absolute Gasteiger partial charge is 0.479 e. The van der Waals surface area contributed by atoms with Gasteiger partial charge in [-0.05, 0) is 29.5 Å². The number of imide groups is 1. The summed E-state index contributed by atoms with van der Waals surface area (Å²) in [6.07, 6.45) is -5.35. The fraction of sp³-hybridized carbons (Fsp3) is 0.286. The van der Waals surface area contributed by atoms with Gasteiger partial charge in [-0.25, -0.2) is 24.1 Å². The fourth-order valence-corrected chi connectivity index (χ4v) is 4.93. The number of carbonyl (C=O) groups excluding carboxylic acids is 6. The van der Waals surface area contributed by atoms with E-state index in [1.54, 1.807) is 91.0 Å². The smallest absolute Gasteiger partial charge is 0.418 e. The van der Waals surface area contributed by atoms with Crippen molar-refractivity contribution in [2.75, 3.05) is 5.33 Å². The van der Waals surface area contributed by atoms with Crippen molar-refractivity contribution in [3.8, 4) is 0 Å². The van der Waals surface area contributed by atoms with Gasteiger partial charge < -0.3 is 30.4 Å². The lowest BCUT2D eigenvalue weighted by Crippen LogP contribution is -2.67. The van der Waals surface area contributed by atoms with Crippen molar-refractivity contribution >= 4 is 57.7 Å². The van der Waals surface area contributed by atoms with Crippen molar-refractivity contribution in [1.82, 2.24) is 10.2 Å². The Labute approximate surface area is 296 Å². The summed E-state index contributed by atoms with van der Waals surface area (Å²) < 4.78 is 16.0. The summed E-state index contributed by atoms with van der Waals surface area (Å²) in [6.45, 7) is -1.15. The molecule has 2 atom stereocenters. The highest BCUT2D eigenvalue weighted by molar-refractivity contribution is 9.09. The lowest BCUT2D eigenvalue weighted by atomic mass is 9.89. The molecule has 15 heteroatoms. The van der Waals surface area contributed by atoms with Gasteiger partial charge in [-0.15, -0.1) is 0 Å². The van der Waals surface area contributed by atoms with Crippen LogP contribution in [0.15, 0.2) is 91.0 Å². The van der Waals surface area contributed by atoms with Crippen LogP contribution < -0.4 is 11.1 Å². The number of aliphatic carboxylic acids is 1. The average Bonchev–Trinajstić information content (AvgIpc) is 3.12. The van der Waals surface area contributed by atoms with Crippen molar-refractivity contribution in [1.29, 1.82) is 0 Å². The number of Topliss-reactive ketones (excluding diaryl/α,β-unsaturated/α-hetero) is 1. The van der Waals surface area contributed by atoms with E-state index in [4.69, 9.17) is 19.9 Å². The van der Waals surface area contributed by atoms with Gasteiger partial charge in [0.05, 0.1) is 5.33 Å². The van der Waals surface area contributed by atoms with Gasteiger partial charge in [0, 0.05) is 12.8 Å². The number of esters is 1. The molecule has 0 heterocycles. The zero-order chi connectivity index (χ0) is 36.5. The molecule has 50 heavy (non-hydrogen) atoms. The molecular formula is C35H36BrN3O11. The van der Waals surface area contributed by atoms with Gasteiger partial charge in [0.15, 0.2) is 0 Å². The maximum atomic E-state index is 14.4. The van der Waals surface area contributed by atoms with E-state index < -0.39 is 92.2 Å². The molecule has 0 aliphatic heterocycles. The zero-order valence-corrected chi connectivity index (χ0v) is 28.4. The van der Waals surface area contributed by atoms with Crippen LogP contribution in [0.1, 0.15) is 42.4 Å². The number of rotatable bonds is 18. The maximum absolute atomic E-state index is 14.4. The number of ether oxygens (including phenoxy) is 3. The minimum atomic E-state index is -3.18. The molecule has 3 aromatic carbocycles. The number of benzene rings is 3. The molecule has 4 amide bonds. The van der Waals surface area contributed by atoms with E-state index in [0.29, 0.717) is 16.7 Å². The zero-order valence-electron chi connectivity index (χ0n) is 26.8. The van der Waals surface area contributed by atoms with Crippen molar-refractivity contribution in [2.24, 2.45) is 5.73 Å². The van der Waals surface area contributed by atoms with E-state index >= 15 is 0 Å². The van der Waals surface area contributed by atoms with Crippen LogP contribution in [-0.4, -0.2) is 68.6 Å². The summed E-state index contributed by atoms with van der Waals surface area (Å²) in [5.41, 5.74) is 3.62. The summed E-state index contributed by atoms with van der Waals surface area (Å²) in [4.78, 5) is 92.7. The topological polar surface area (TPSA) is 209 Å². The van der Waals surface area contributed by atoms with Crippen molar-refractivity contribution in [3.63, 3.8) is 0 Å². The predicted octanol–water partition coefficient (Wildman–Crippen LogP) is 4.02. The number of halogens is 1. The monoisotopic (exact) mass is 753 g/mol. The van der Waals surface area contributed by atoms with Crippen LogP contribution in [0.25, 0.3) is 0 Å². The molecule has 264 valence electrons. The number of nitrogens with two attached hydrogens (primary N) is 1. The fourth-order valence-electron chi connectivity index (χ4n) is 4.65. The molecular weight excluding hydrogens is 718 g/mol. The van der Waals surface area contributed by atoms with E-state index in [1.807, 2.05) is 0 Å². The predicted molar refractivity (Wildman–Crippen MR) is 180 cm³/mol. The second kappa shape index (κ2) is 19.4. The molecule has 0 bridgehead atoms. The molecule has 0 radical (unpaired) electrons. The minimum Gasteiger partial charge on any atom is -0.479 e. The number of hydrogen-bond acceptors (Lipinski definition) is 10. The standard InChI is InChI=1S/C35H36BrN3O11/c36-20-27(40)18-19-35(31(43)44,32(45)48-21-24-10-4-1-5-11-24)39(34(47)50-23-26-14-8-3-9-15-26)30(42)28(16-17-29(37)41)38-33(46)49-22-25-12-6-2-7-13-25/h1-15,28H,16-23H2,(H2,37,41)(H,38,46)(H,43,44)/t28-,35-/m0/s1. The Balaban J connectivity index is 2.08. The second-order valence-electron chi connectivity index (χ2n) is 10.9. The average molecular weight is 755 g/mol. The Hall–Kier alpha value is -5.57. The Morgan fingerprint density at radius 1 is 0.740 bits per heavy atom. The van der Waals surface area contributed by atoms with E-state index in [0.717, 1.165) is 0 Å². The number of amides is 4. The highest BCUT2D eigenvalue weighted by Gasteiger charge is 2.59. The third kappa shape index (κ3) is 11.3. The number of carboxylic acid groups (broad SMARTS) is 1. The number of carboxylic acids is 1. The molecule has 0 aliphatic rings. The molecule has 0 fully saturated rings. The van der Waals surface area contributed by atoms with Gasteiger partial charge in [0.25, 0.3) is 5.91 Å². The SMILES string of the molecule is NC(=O)CC[C@H](NC(=O)OCc1ccccc1)C(=O)N(C(=O)OCc1ccccc1)[C@@](CCC(=O)CBr)(C(=O)O)C(=O)OCc1ccccc1. The number of hydrogen-bond donors (Lipinski definition) is 3. The Kier molecular flexibility index (Phi) is 15.1. The number of alkyl carbamates (subject to hydrolysis) is 1. The van der Waals surface area contributed by atoms with E-state index in [1.165, 1.54) is 0 Å². The van der Waals surface area contributed by atoms with Gasteiger partial charge in [-0.2, -0.15) is 0 Å². The third-order valence-corrected chi connectivity index (χ3v) is 7.92. The van der Waals surface area contributed by atoms with Gasteiger partial charge in [0.2, 0.25) is 11.4 Å².